The third kappa shape index (κ3) is 2.82. The molecule has 0 fully saturated rings. The fraction of sp³-hybridized carbons (Fsp3) is 0. The quantitative estimate of drug-likeness (QED) is 0.729. The molecule has 1 aliphatic heterocycles. The van der Waals surface area contributed by atoms with Crippen molar-refractivity contribution in [2.45, 2.75) is 0 Å². The van der Waals surface area contributed by atoms with Crippen LogP contribution in [-0.4, -0.2) is 21.7 Å². The van der Waals surface area contributed by atoms with Crippen LogP contribution in [0.3, 0.4) is 0 Å². The van der Waals surface area contributed by atoms with Gasteiger partial charge in [-0.25, -0.2) is 5.43 Å². The molecule has 0 aliphatic carbocycles. The average molecular weight is 423 g/mol. The van der Waals surface area contributed by atoms with Gasteiger partial charge in [-0.05, 0) is 67.8 Å². The van der Waals surface area contributed by atoms with E-state index in [1.54, 1.807) is 36.7 Å². The van der Waals surface area contributed by atoms with E-state index in [1.807, 2.05) is 6.07 Å². The van der Waals surface area contributed by atoms with Gasteiger partial charge in [0.1, 0.15) is 11.5 Å². The molecule has 2 aromatic rings. The van der Waals surface area contributed by atoms with Crippen molar-refractivity contribution in [2.24, 2.45) is 5.10 Å². The molecule has 0 radical (unpaired) electrons. The van der Waals surface area contributed by atoms with Crippen molar-refractivity contribution in [1.29, 1.82) is 0 Å². The van der Waals surface area contributed by atoms with Gasteiger partial charge in [0.25, 0.3) is 5.91 Å². The molecule has 110 valence electrons. The summed E-state index contributed by atoms with van der Waals surface area (Å²) in [5, 5.41) is 13.8. The van der Waals surface area contributed by atoms with Gasteiger partial charge in [0.2, 0.25) is 0 Å². The summed E-state index contributed by atoms with van der Waals surface area (Å²) in [6.07, 6.45) is 5.02. The Morgan fingerprint density at radius 3 is 2.59 bits per heavy atom. The topological polar surface area (TPSA) is 74.6 Å². The summed E-state index contributed by atoms with van der Waals surface area (Å²) in [6.45, 7) is 0. The van der Waals surface area contributed by atoms with E-state index in [1.165, 1.54) is 0 Å². The van der Waals surface area contributed by atoms with Crippen molar-refractivity contribution in [3.8, 4) is 5.75 Å². The number of phenols is 1. The molecule has 3 rings (SSSR count). The summed E-state index contributed by atoms with van der Waals surface area (Å²) in [4.78, 5) is 16.1. The van der Waals surface area contributed by atoms with E-state index in [4.69, 9.17) is 0 Å². The smallest absolute Gasteiger partial charge is 0.273 e. The molecule has 2 N–H and O–H groups in total. The van der Waals surface area contributed by atoms with E-state index < -0.39 is 0 Å². The minimum atomic E-state index is -0.279. The Morgan fingerprint density at radius 2 is 1.95 bits per heavy atom. The number of carbonyl (C=O) groups is 1. The first-order chi connectivity index (χ1) is 10.6. The lowest BCUT2D eigenvalue weighted by Crippen LogP contribution is -2.13. The van der Waals surface area contributed by atoms with Crippen LogP contribution in [-0.2, 0) is 4.79 Å². The second-order valence-electron chi connectivity index (χ2n) is 4.53. The standard InChI is InChI=1S/C15H9Br2N3O2/c16-11-5-8(6-12(17)14(11)21)4-10-13(19-20-15(10)22)9-2-1-3-18-7-9/h1-7,21H,(H,20,22)/b10-4+. The zero-order valence-electron chi connectivity index (χ0n) is 11.0. The molecule has 1 aromatic carbocycles. The highest BCUT2D eigenvalue weighted by Gasteiger charge is 2.24. The Labute approximate surface area is 143 Å². The second-order valence-corrected chi connectivity index (χ2v) is 6.24. The van der Waals surface area contributed by atoms with Crippen LogP contribution in [0.15, 0.2) is 56.3 Å². The van der Waals surface area contributed by atoms with Gasteiger partial charge in [0, 0.05) is 18.0 Å². The van der Waals surface area contributed by atoms with Gasteiger partial charge in [0.05, 0.1) is 14.5 Å². The molecule has 0 saturated carbocycles. The highest BCUT2D eigenvalue weighted by Crippen LogP contribution is 2.34. The molecule has 5 nitrogen and oxygen atoms in total. The van der Waals surface area contributed by atoms with Crippen LogP contribution in [0.1, 0.15) is 11.1 Å². The minimum Gasteiger partial charge on any atom is -0.506 e. The number of nitrogens with one attached hydrogen (secondary N) is 1. The second kappa shape index (κ2) is 6.02. The number of hydrogen-bond donors (Lipinski definition) is 2. The lowest BCUT2D eigenvalue weighted by Gasteiger charge is -2.04. The number of rotatable bonds is 2. The van der Waals surface area contributed by atoms with Crippen molar-refractivity contribution in [2.75, 3.05) is 0 Å². The van der Waals surface area contributed by atoms with Gasteiger partial charge in [-0.3, -0.25) is 9.78 Å². The highest BCUT2D eigenvalue weighted by atomic mass is 79.9. The van der Waals surface area contributed by atoms with Gasteiger partial charge in [-0.2, -0.15) is 5.10 Å². The summed E-state index contributed by atoms with van der Waals surface area (Å²) >= 11 is 6.54. The first kappa shape index (κ1) is 14.9. The van der Waals surface area contributed by atoms with Crippen LogP contribution < -0.4 is 5.43 Å². The van der Waals surface area contributed by atoms with Gasteiger partial charge >= 0.3 is 0 Å². The number of aromatic hydroxyl groups is 1. The summed E-state index contributed by atoms with van der Waals surface area (Å²) < 4.78 is 1.07. The number of pyridine rings is 1. The van der Waals surface area contributed by atoms with Gasteiger partial charge < -0.3 is 5.11 Å². The molecule has 0 atom stereocenters. The number of phenolic OH excluding ortho intramolecular Hbond substituents is 1. The lowest BCUT2D eigenvalue weighted by molar-refractivity contribution is -0.116. The molecule has 1 amide bonds. The number of benzene rings is 1. The first-order valence-corrected chi connectivity index (χ1v) is 7.83. The predicted octanol–water partition coefficient (Wildman–Crippen LogP) is 3.23. The zero-order valence-corrected chi connectivity index (χ0v) is 14.2. The maximum atomic E-state index is 12.0. The number of halogens is 2. The predicted molar refractivity (Wildman–Crippen MR) is 90.4 cm³/mol. The molecule has 0 saturated heterocycles. The number of hydrazone groups is 1. The third-order valence-corrected chi connectivity index (χ3v) is 4.26. The van der Waals surface area contributed by atoms with Gasteiger partial charge in [0.15, 0.2) is 0 Å². The molecule has 1 aliphatic rings. The largest absolute Gasteiger partial charge is 0.506 e. The van der Waals surface area contributed by atoms with Crippen LogP contribution in [0.25, 0.3) is 6.08 Å². The van der Waals surface area contributed by atoms with Gasteiger partial charge in [-0.1, -0.05) is 0 Å². The summed E-state index contributed by atoms with van der Waals surface area (Å²) in [6, 6.07) is 7.06. The molecule has 0 spiro atoms. The highest BCUT2D eigenvalue weighted by molar-refractivity contribution is 9.11. The van der Waals surface area contributed by atoms with E-state index in [-0.39, 0.29) is 11.7 Å². The normalized spacial score (nSPS) is 15.8. The van der Waals surface area contributed by atoms with E-state index in [0.717, 1.165) is 11.1 Å². The fourth-order valence-corrected chi connectivity index (χ4v) is 3.25. The number of amides is 1. The molecule has 22 heavy (non-hydrogen) atoms. The van der Waals surface area contributed by atoms with Crippen molar-refractivity contribution in [3.05, 3.63) is 62.3 Å². The molecule has 1 aromatic heterocycles. The zero-order chi connectivity index (χ0) is 15.7. The SMILES string of the molecule is O=C1NN=C(c2cccnc2)/C1=C\c1cc(Br)c(O)c(Br)c1. The lowest BCUT2D eigenvalue weighted by atomic mass is 10.0. The number of hydrogen-bond acceptors (Lipinski definition) is 4. The van der Waals surface area contributed by atoms with Crippen LogP contribution in [0, 0.1) is 0 Å². The van der Waals surface area contributed by atoms with Crippen molar-refractivity contribution < 1.29 is 9.90 Å². The number of carbonyl (C=O) groups excluding carboxylic acids is 1. The van der Waals surface area contributed by atoms with Crippen molar-refractivity contribution in [1.82, 2.24) is 10.4 Å². The Morgan fingerprint density at radius 1 is 1.23 bits per heavy atom. The summed E-state index contributed by atoms with van der Waals surface area (Å²) in [7, 11) is 0. The molecule has 7 heteroatoms. The fourth-order valence-electron chi connectivity index (χ4n) is 2.03. The first-order valence-electron chi connectivity index (χ1n) is 6.25. The Bertz CT molecular complexity index is 794. The van der Waals surface area contributed by atoms with Crippen LogP contribution in [0.5, 0.6) is 5.75 Å². The number of nitrogens with zero attached hydrogens (tertiary/aromatic N) is 2. The minimum absolute atomic E-state index is 0.110. The van der Waals surface area contributed by atoms with Crippen LogP contribution >= 0.6 is 31.9 Å². The Balaban J connectivity index is 2.06. The van der Waals surface area contributed by atoms with Gasteiger partial charge in [-0.15, -0.1) is 0 Å². The van der Waals surface area contributed by atoms with E-state index in [0.29, 0.717) is 20.2 Å². The van der Waals surface area contributed by atoms with Crippen LogP contribution in [0.2, 0.25) is 0 Å². The summed E-state index contributed by atoms with van der Waals surface area (Å²) in [5.74, 6) is -0.168. The van der Waals surface area contributed by atoms with E-state index >= 15 is 0 Å². The van der Waals surface area contributed by atoms with Crippen LogP contribution in [0.4, 0.5) is 0 Å². The monoisotopic (exact) mass is 421 g/mol. The Kier molecular flexibility index (Phi) is 4.08. The molecule has 0 unspecified atom stereocenters. The number of aromatic nitrogens is 1. The average Bonchev–Trinajstić information content (AvgIpc) is 2.87. The Hall–Kier alpha value is -1.99. The van der Waals surface area contributed by atoms with E-state index in [9.17, 15) is 9.90 Å². The maximum absolute atomic E-state index is 12.0. The summed E-state index contributed by atoms with van der Waals surface area (Å²) in [5.41, 5.74) is 4.95. The molecule has 0 bridgehead atoms. The molecular weight excluding hydrogens is 414 g/mol. The van der Waals surface area contributed by atoms with Crippen molar-refractivity contribution >= 4 is 49.6 Å². The molecule has 2 heterocycles. The molecular formula is C15H9Br2N3O2. The maximum Gasteiger partial charge on any atom is 0.273 e. The van der Waals surface area contributed by atoms with E-state index in [2.05, 4.69) is 47.4 Å². The third-order valence-electron chi connectivity index (χ3n) is 3.05. The van der Waals surface area contributed by atoms with Crippen molar-refractivity contribution in [3.63, 3.8) is 0 Å².